The Morgan fingerprint density at radius 2 is 1.86 bits per heavy atom. The zero-order chi connectivity index (χ0) is 29.8. The number of hydrogen-bond donors (Lipinski definition) is 2. The molecule has 1 atom stereocenters. The number of methoxy groups -OCH3 is 1. The molecule has 3 aromatic carbocycles. The molecule has 2 aliphatic rings. The lowest BCUT2D eigenvalue weighted by atomic mass is 10.0. The van der Waals surface area contributed by atoms with Crippen LogP contribution >= 0.6 is 11.3 Å². The summed E-state index contributed by atoms with van der Waals surface area (Å²) in [5.74, 6) is 5.27. The second kappa shape index (κ2) is 12.8. The molecule has 1 fully saturated rings. The summed E-state index contributed by atoms with van der Waals surface area (Å²) in [6, 6.07) is 16.5. The molecule has 8 nitrogen and oxygen atoms in total. The highest BCUT2D eigenvalue weighted by atomic mass is 32.1. The molecule has 218 valence electrons. The van der Waals surface area contributed by atoms with E-state index in [1.165, 1.54) is 47.1 Å². The van der Waals surface area contributed by atoms with Crippen LogP contribution in [-0.4, -0.2) is 59.9 Å². The molecule has 2 N–H and O–H groups in total. The van der Waals surface area contributed by atoms with Crippen LogP contribution in [0.25, 0.3) is 0 Å². The number of anilines is 1. The number of amides is 2. The fourth-order valence-electron chi connectivity index (χ4n) is 5.40. The normalized spacial score (nSPS) is 15.4. The maximum atomic E-state index is 14.4. The van der Waals surface area contributed by atoms with Crippen molar-refractivity contribution in [3.05, 3.63) is 111 Å². The summed E-state index contributed by atoms with van der Waals surface area (Å²) in [4.78, 5) is 35.3. The summed E-state index contributed by atoms with van der Waals surface area (Å²) in [6.45, 7) is 5.22. The van der Waals surface area contributed by atoms with Crippen molar-refractivity contribution in [2.24, 2.45) is 0 Å². The second-order valence-corrected chi connectivity index (χ2v) is 11.3. The number of fused-ring (bicyclic) bond motifs is 1. The quantitative estimate of drug-likeness (QED) is 0.308. The molecule has 10 heteroatoms. The molecule has 1 saturated heterocycles. The average Bonchev–Trinajstić information content (AvgIpc) is 3.65. The molecular weight excluding hydrogens is 565 g/mol. The predicted octanol–water partition coefficient (Wildman–Crippen LogP) is 4.43. The van der Waals surface area contributed by atoms with Crippen molar-refractivity contribution in [2.75, 3.05) is 38.6 Å². The lowest BCUT2D eigenvalue weighted by molar-refractivity contribution is -0.120. The maximum absolute atomic E-state index is 14.4. The maximum Gasteiger partial charge on any atom is 0.255 e. The molecule has 0 spiro atoms. The van der Waals surface area contributed by atoms with Gasteiger partial charge in [0.1, 0.15) is 17.6 Å². The number of benzene rings is 3. The standard InChI is InChI=1S/C33H30FN5O3S/c1-42-29-11-10-26(34)19-28(29)30(31(40)37-33-36-14-17-43-33)39-21-25-9-8-23(18-27(25)32(39)41)5-2-22-3-6-24(7-4-22)20-38-15-12-35-13-16-38/h3-4,6-11,14,17-19,30,35H,12-13,15-16,20-21H2,1H3,(H,36,37,40). The number of piperazine rings is 1. The predicted molar refractivity (Wildman–Crippen MR) is 163 cm³/mol. The van der Waals surface area contributed by atoms with E-state index in [1.54, 1.807) is 17.6 Å². The number of nitrogens with zero attached hydrogens (tertiary/aromatic N) is 3. The molecule has 0 aliphatic carbocycles. The van der Waals surface area contributed by atoms with Gasteiger partial charge in [-0.15, -0.1) is 11.3 Å². The van der Waals surface area contributed by atoms with E-state index >= 15 is 0 Å². The van der Waals surface area contributed by atoms with Crippen LogP contribution in [0.3, 0.4) is 0 Å². The van der Waals surface area contributed by atoms with Gasteiger partial charge in [-0.3, -0.25) is 19.8 Å². The zero-order valence-electron chi connectivity index (χ0n) is 23.6. The van der Waals surface area contributed by atoms with E-state index in [1.807, 2.05) is 24.3 Å². The number of carbonyl (C=O) groups excluding carboxylic acids is 2. The van der Waals surface area contributed by atoms with Crippen LogP contribution in [0, 0.1) is 17.7 Å². The Morgan fingerprint density at radius 3 is 2.60 bits per heavy atom. The molecule has 2 aliphatic heterocycles. The first-order chi connectivity index (χ1) is 21.0. The summed E-state index contributed by atoms with van der Waals surface area (Å²) in [5.41, 5.74) is 4.29. The number of halogens is 1. The molecule has 43 heavy (non-hydrogen) atoms. The fraction of sp³-hybridized carbons (Fsp3) is 0.242. The Morgan fingerprint density at radius 1 is 1.09 bits per heavy atom. The largest absolute Gasteiger partial charge is 0.496 e. The molecule has 4 aromatic rings. The van der Waals surface area contributed by atoms with Crippen molar-refractivity contribution in [3.8, 4) is 17.6 Å². The van der Waals surface area contributed by atoms with Gasteiger partial charge >= 0.3 is 0 Å². The van der Waals surface area contributed by atoms with Crippen molar-refractivity contribution >= 4 is 28.3 Å². The minimum Gasteiger partial charge on any atom is -0.496 e. The van der Waals surface area contributed by atoms with Crippen LogP contribution in [0.2, 0.25) is 0 Å². The first kappa shape index (κ1) is 28.6. The van der Waals surface area contributed by atoms with E-state index in [2.05, 4.69) is 44.5 Å². The molecule has 6 rings (SSSR count). The number of hydrogen-bond acceptors (Lipinski definition) is 7. The Bertz CT molecular complexity index is 1690. The zero-order valence-corrected chi connectivity index (χ0v) is 24.4. The molecule has 2 amide bonds. The molecule has 0 bridgehead atoms. The highest BCUT2D eigenvalue weighted by molar-refractivity contribution is 7.13. The molecule has 1 aromatic heterocycles. The Labute approximate surface area is 253 Å². The van der Waals surface area contributed by atoms with Gasteiger partial charge in [-0.25, -0.2) is 9.37 Å². The molecule has 3 heterocycles. The SMILES string of the molecule is COc1ccc(F)cc1C(C(=O)Nc1nccs1)N1Cc2ccc(C#Cc3ccc(CN4CCNCC4)cc3)cc2C1=O. The fourth-order valence-corrected chi connectivity index (χ4v) is 5.94. The van der Waals surface area contributed by atoms with Crippen LogP contribution in [0.4, 0.5) is 9.52 Å². The lowest BCUT2D eigenvalue weighted by Crippen LogP contribution is -2.42. The van der Waals surface area contributed by atoms with Gasteiger partial charge in [0.05, 0.1) is 7.11 Å². The van der Waals surface area contributed by atoms with E-state index in [-0.39, 0.29) is 18.0 Å². The topological polar surface area (TPSA) is 86.8 Å². The first-order valence-corrected chi connectivity index (χ1v) is 14.9. The van der Waals surface area contributed by atoms with Gasteiger partial charge < -0.3 is 15.0 Å². The van der Waals surface area contributed by atoms with Crippen molar-refractivity contribution in [1.82, 2.24) is 20.1 Å². The Balaban J connectivity index is 1.23. The number of nitrogens with one attached hydrogen (secondary N) is 2. The number of aromatic nitrogens is 1. The number of ether oxygens (including phenoxy) is 1. The third-order valence-corrected chi connectivity index (χ3v) is 8.26. The summed E-state index contributed by atoms with van der Waals surface area (Å²) < 4.78 is 19.9. The summed E-state index contributed by atoms with van der Waals surface area (Å²) in [7, 11) is 1.44. The molecule has 1 unspecified atom stereocenters. The van der Waals surface area contributed by atoms with Crippen molar-refractivity contribution in [1.29, 1.82) is 0 Å². The molecular formula is C33H30FN5O3S. The van der Waals surface area contributed by atoms with Crippen LogP contribution in [-0.2, 0) is 17.9 Å². The summed E-state index contributed by atoms with van der Waals surface area (Å²) in [6.07, 6.45) is 1.57. The monoisotopic (exact) mass is 595 g/mol. The van der Waals surface area contributed by atoms with Gasteiger partial charge in [0.2, 0.25) is 0 Å². The third kappa shape index (κ3) is 6.44. The van der Waals surface area contributed by atoms with E-state index in [0.717, 1.165) is 43.9 Å². The van der Waals surface area contributed by atoms with E-state index in [0.29, 0.717) is 22.0 Å². The third-order valence-electron chi connectivity index (χ3n) is 7.57. The minimum atomic E-state index is -1.15. The van der Waals surface area contributed by atoms with Crippen LogP contribution in [0.5, 0.6) is 5.75 Å². The second-order valence-electron chi connectivity index (χ2n) is 10.4. The van der Waals surface area contributed by atoms with Gasteiger partial charge in [-0.05, 0) is 53.6 Å². The number of rotatable bonds is 7. The van der Waals surface area contributed by atoms with Gasteiger partial charge in [-0.1, -0.05) is 30.0 Å². The van der Waals surface area contributed by atoms with E-state index in [4.69, 9.17) is 4.74 Å². The van der Waals surface area contributed by atoms with Crippen molar-refractivity contribution in [2.45, 2.75) is 19.1 Å². The van der Waals surface area contributed by atoms with Crippen LogP contribution < -0.4 is 15.4 Å². The molecule has 0 radical (unpaired) electrons. The highest BCUT2D eigenvalue weighted by Crippen LogP contribution is 2.37. The summed E-state index contributed by atoms with van der Waals surface area (Å²) in [5, 5.41) is 8.24. The highest BCUT2D eigenvalue weighted by Gasteiger charge is 2.39. The van der Waals surface area contributed by atoms with E-state index in [9.17, 15) is 14.0 Å². The van der Waals surface area contributed by atoms with Crippen molar-refractivity contribution in [3.63, 3.8) is 0 Å². The van der Waals surface area contributed by atoms with Crippen LogP contribution in [0.15, 0.2) is 72.2 Å². The van der Waals surface area contributed by atoms with E-state index < -0.39 is 17.8 Å². The molecule has 0 saturated carbocycles. The average molecular weight is 596 g/mol. The number of thiazole rings is 1. The first-order valence-electron chi connectivity index (χ1n) is 14.0. The smallest absolute Gasteiger partial charge is 0.255 e. The van der Waals surface area contributed by atoms with Gasteiger partial charge in [0.25, 0.3) is 11.8 Å². The Hall–Kier alpha value is -4.56. The van der Waals surface area contributed by atoms with Gasteiger partial charge in [0, 0.05) is 73.1 Å². The minimum absolute atomic E-state index is 0.173. The van der Waals surface area contributed by atoms with Crippen molar-refractivity contribution < 1.29 is 18.7 Å². The lowest BCUT2D eigenvalue weighted by Gasteiger charge is -2.28. The van der Waals surface area contributed by atoms with Gasteiger partial charge in [-0.2, -0.15) is 0 Å². The van der Waals surface area contributed by atoms with Crippen LogP contribution in [0.1, 0.15) is 44.2 Å². The number of carbonyl (C=O) groups is 2. The Kier molecular flexibility index (Phi) is 8.47. The van der Waals surface area contributed by atoms with Gasteiger partial charge in [0.15, 0.2) is 5.13 Å². The summed E-state index contributed by atoms with van der Waals surface area (Å²) >= 11 is 1.25.